The molecule has 0 radical (unpaired) electrons. The van der Waals surface area contributed by atoms with E-state index in [4.69, 9.17) is 9.47 Å². The number of carbonyl (C=O) groups is 1. The fraction of sp³-hybridized carbons (Fsp3) is 0.533. The van der Waals surface area contributed by atoms with E-state index >= 15 is 0 Å². The smallest absolute Gasteiger partial charge is 0.307 e. The van der Waals surface area contributed by atoms with Crippen molar-refractivity contribution in [3.05, 3.63) is 29.8 Å². The number of rotatable bonds is 4. The van der Waals surface area contributed by atoms with Crippen molar-refractivity contribution in [3.63, 3.8) is 0 Å². The van der Waals surface area contributed by atoms with Gasteiger partial charge in [0.25, 0.3) is 0 Å². The predicted molar refractivity (Wildman–Crippen MR) is 73.4 cm³/mol. The summed E-state index contributed by atoms with van der Waals surface area (Å²) < 4.78 is 9.94. The minimum atomic E-state index is -0.162. The van der Waals surface area contributed by atoms with E-state index in [0.29, 0.717) is 18.4 Å². The Morgan fingerprint density at radius 1 is 1.32 bits per heavy atom. The fourth-order valence-electron chi connectivity index (χ4n) is 2.78. The first-order valence-corrected chi connectivity index (χ1v) is 6.61. The van der Waals surface area contributed by atoms with Crippen LogP contribution in [0.15, 0.2) is 24.3 Å². The number of hydrogen-bond acceptors (Lipinski definition) is 4. The Bertz CT molecular complexity index is 430. The van der Waals surface area contributed by atoms with E-state index in [9.17, 15) is 4.79 Å². The SMILES string of the molecule is COC(=O)C[C@@H]1N[C@H](C)C[C@H]1c1ccc(OC)cc1. The fourth-order valence-corrected chi connectivity index (χ4v) is 2.78. The Kier molecular flexibility index (Phi) is 4.43. The molecule has 4 heteroatoms. The van der Waals surface area contributed by atoms with Gasteiger partial charge >= 0.3 is 5.97 Å². The van der Waals surface area contributed by atoms with E-state index in [1.54, 1.807) is 7.11 Å². The molecular weight excluding hydrogens is 242 g/mol. The molecule has 0 bridgehead atoms. The van der Waals surface area contributed by atoms with Gasteiger partial charge in [-0.25, -0.2) is 0 Å². The Morgan fingerprint density at radius 2 is 2.00 bits per heavy atom. The highest BCUT2D eigenvalue weighted by Crippen LogP contribution is 2.33. The zero-order chi connectivity index (χ0) is 13.8. The minimum absolute atomic E-state index is 0.149. The first-order chi connectivity index (χ1) is 9.13. The molecule has 1 fully saturated rings. The second-order valence-corrected chi connectivity index (χ2v) is 5.07. The van der Waals surface area contributed by atoms with E-state index < -0.39 is 0 Å². The van der Waals surface area contributed by atoms with Crippen molar-refractivity contribution in [2.75, 3.05) is 14.2 Å². The van der Waals surface area contributed by atoms with Crippen LogP contribution >= 0.6 is 0 Å². The molecule has 1 aromatic carbocycles. The Hall–Kier alpha value is -1.55. The summed E-state index contributed by atoms with van der Waals surface area (Å²) in [6, 6.07) is 8.65. The molecule has 1 heterocycles. The zero-order valence-electron chi connectivity index (χ0n) is 11.7. The molecule has 2 rings (SSSR count). The van der Waals surface area contributed by atoms with Gasteiger partial charge in [-0.15, -0.1) is 0 Å². The van der Waals surface area contributed by atoms with E-state index in [0.717, 1.165) is 12.2 Å². The quantitative estimate of drug-likeness (QED) is 0.845. The molecule has 0 amide bonds. The standard InChI is InChI=1S/C15H21NO3/c1-10-8-13(14(16-10)9-15(17)19-3)11-4-6-12(18-2)7-5-11/h4-7,10,13-14,16H,8-9H2,1-3H3/t10-,13+,14+/m1/s1. The van der Waals surface area contributed by atoms with Crippen LogP contribution in [-0.2, 0) is 9.53 Å². The third kappa shape index (κ3) is 3.26. The molecule has 0 spiro atoms. The number of nitrogens with one attached hydrogen (secondary N) is 1. The summed E-state index contributed by atoms with van der Waals surface area (Å²) in [6.07, 6.45) is 1.45. The average Bonchev–Trinajstić information content (AvgIpc) is 2.79. The van der Waals surface area contributed by atoms with Crippen LogP contribution in [0, 0.1) is 0 Å². The van der Waals surface area contributed by atoms with Crippen LogP contribution < -0.4 is 10.1 Å². The zero-order valence-corrected chi connectivity index (χ0v) is 11.7. The van der Waals surface area contributed by atoms with Crippen molar-refractivity contribution in [1.29, 1.82) is 0 Å². The largest absolute Gasteiger partial charge is 0.497 e. The molecule has 4 nitrogen and oxygen atoms in total. The topological polar surface area (TPSA) is 47.6 Å². The molecule has 1 N–H and O–H groups in total. The lowest BCUT2D eigenvalue weighted by Crippen LogP contribution is -2.32. The van der Waals surface area contributed by atoms with Crippen molar-refractivity contribution in [3.8, 4) is 5.75 Å². The molecule has 0 aromatic heterocycles. The first-order valence-electron chi connectivity index (χ1n) is 6.61. The van der Waals surface area contributed by atoms with E-state index in [-0.39, 0.29) is 12.0 Å². The second-order valence-electron chi connectivity index (χ2n) is 5.07. The molecule has 3 atom stereocenters. The highest BCUT2D eigenvalue weighted by molar-refractivity contribution is 5.70. The van der Waals surface area contributed by atoms with Gasteiger partial charge < -0.3 is 14.8 Å². The summed E-state index contributed by atoms with van der Waals surface area (Å²) in [7, 11) is 3.09. The monoisotopic (exact) mass is 263 g/mol. The molecule has 1 aliphatic heterocycles. The number of esters is 1. The maximum absolute atomic E-state index is 11.5. The van der Waals surface area contributed by atoms with Gasteiger partial charge in [0, 0.05) is 18.0 Å². The van der Waals surface area contributed by atoms with Gasteiger partial charge in [-0.2, -0.15) is 0 Å². The number of ether oxygens (including phenoxy) is 2. The summed E-state index contributed by atoms with van der Waals surface area (Å²) in [5, 5.41) is 3.46. The number of methoxy groups -OCH3 is 2. The molecule has 1 aliphatic rings. The summed E-state index contributed by atoms with van der Waals surface area (Å²) in [4.78, 5) is 11.5. The molecule has 0 saturated carbocycles. The van der Waals surface area contributed by atoms with Gasteiger partial charge in [-0.3, -0.25) is 4.79 Å². The lowest BCUT2D eigenvalue weighted by Gasteiger charge is -2.19. The molecular formula is C15H21NO3. The Labute approximate surface area is 114 Å². The maximum atomic E-state index is 11.5. The van der Waals surface area contributed by atoms with Crippen molar-refractivity contribution in [2.24, 2.45) is 0 Å². The van der Waals surface area contributed by atoms with Gasteiger partial charge in [0.15, 0.2) is 0 Å². The van der Waals surface area contributed by atoms with Crippen LogP contribution in [0.2, 0.25) is 0 Å². The third-order valence-corrected chi connectivity index (χ3v) is 3.75. The van der Waals surface area contributed by atoms with E-state index in [1.807, 2.05) is 12.1 Å². The summed E-state index contributed by atoms with van der Waals surface area (Å²) in [6.45, 7) is 2.15. The third-order valence-electron chi connectivity index (χ3n) is 3.75. The normalized spacial score (nSPS) is 26.2. The van der Waals surface area contributed by atoms with Gasteiger partial charge in [0.2, 0.25) is 0 Å². The number of benzene rings is 1. The molecule has 19 heavy (non-hydrogen) atoms. The van der Waals surface area contributed by atoms with Crippen molar-refractivity contribution >= 4 is 5.97 Å². The second kappa shape index (κ2) is 6.06. The van der Waals surface area contributed by atoms with Gasteiger partial charge in [0.05, 0.1) is 20.6 Å². The Morgan fingerprint density at radius 3 is 2.58 bits per heavy atom. The van der Waals surface area contributed by atoms with Crippen LogP contribution in [0.1, 0.15) is 31.2 Å². The maximum Gasteiger partial charge on any atom is 0.307 e. The molecule has 104 valence electrons. The lowest BCUT2D eigenvalue weighted by molar-refractivity contribution is -0.141. The van der Waals surface area contributed by atoms with Gasteiger partial charge in [-0.05, 0) is 31.0 Å². The van der Waals surface area contributed by atoms with Crippen LogP contribution in [-0.4, -0.2) is 32.3 Å². The summed E-state index contributed by atoms with van der Waals surface area (Å²) >= 11 is 0. The van der Waals surface area contributed by atoms with Crippen LogP contribution in [0.25, 0.3) is 0 Å². The van der Waals surface area contributed by atoms with Gasteiger partial charge in [-0.1, -0.05) is 12.1 Å². The molecule has 0 aliphatic carbocycles. The van der Waals surface area contributed by atoms with Crippen molar-refractivity contribution in [2.45, 2.75) is 37.8 Å². The van der Waals surface area contributed by atoms with Crippen molar-refractivity contribution in [1.82, 2.24) is 5.32 Å². The van der Waals surface area contributed by atoms with Crippen LogP contribution in [0.5, 0.6) is 5.75 Å². The lowest BCUT2D eigenvalue weighted by atomic mass is 9.89. The van der Waals surface area contributed by atoms with E-state index in [1.165, 1.54) is 12.7 Å². The van der Waals surface area contributed by atoms with Crippen LogP contribution in [0.4, 0.5) is 0 Å². The summed E-state index contributed by atoms with van der Waals surface area (Å²) in [5.41, 5.74) is 1.24. The molecule has 1 aromatic rings. The average molecular weight is 263 g/mol. The van der Waals surface area contributed by atoms with Crippen LogP contribution in [0.3, 0.4) is 0 Å². The van der Waals surface area contributed by atoms with E-state index in [2.05, 4.69) is 24.4 Å². The van der Waals surface area contributed by atoms with Gasteiger partial charge in [0.1, 0.15) is 5.75 Å². The minimum Gasteiger partial charge on any atom is -0.497 e. The number of carbonyl (C=O) groups excluding carboxylic acids is 1. The Balaban J connectivity index is 2.12. The first kappa shape index (κ1) is 13.9. The van der Waals surface area contributed by atoms with Crippen molar-refractivity contribution < 1.29 is 14.3 Å². The highest BCUT2D eigenvalue weighted by atomic mass is 16.5. The molecule has 1 saturated heterocycles. The highest BCUT2D eigenvalue weighted by Gasteiger charge is 2.34. The number of hydrogen-bond donors (Lipinski definition) is 1. The predicted octanol–water partition coefficient (Wildman–Crippen LogP) is 2.09. The summed E-state index contributed by atoms with van der Waals surface area (Å²) in [5.74, 6) is 1.04. The molecule has 0 unspecified atom stereocenters.